The van der Waals surface area contributed by atoms with E-state index in [0.717, 1.165) is 18.4 Å². The minimum atomic E-state index is -0.336. The second-order valence-corrected chi connectivity index (χ2v) is 7.41. The number of carbonyl (C=O) groups is 2. The summed E-state index contributed by atoms with van der Waals surface area (Å²) in [4.78, 5) is 36.8. The fourth-order valence-corrected chi connectivity index (χ4v) is 3.56. The lowest BCUT2D eigenvalue weighted by Crippen LogP contribution is -2.34. The van der Waals surface area contributed by atoms with Gasteiger partial charge in [0.15, 0.2) is 5.82 Å². The Bertz CT molecular complexity index is 818. The number of hydrogen-bond acceptors (Lipinski definition) is 6. The third kappa shape index (κ3) is 3.84. The van der Waals surface area contributed by atoms with Gasteiger partial charge >= 0.3 is 0 Å². The van der Waals surface area contributed by atoms with Crippen molar-refractivity contribution >= 4 is 11.8 Å². The largest absolute Gasteiger partial charge is 0.339 e. The van der Waals surface area contributed by atoms with E-state index in [2.05, 4.69) is 15.1 Å². The van der Waals surface area contributed by atoms with Crippen molar-refractivity contribution in [2.24, 2.45) is 5.92 Å². The lowest BCUT2D eigenvalue weighted by atomic mass is 9.85. The molecule has 0 radical (unpaired) electrons. The Morgan fingerprint density at radius 2 is 2.26 bits per heavy atom. The van der Waals surface area contributed by atoms with Crippen LogP contribution in [0.15, 0.2) is 29.0 Å². The van der Waals surface area contributed by atoms with Gasteiger partial charge in [0.1, 0.15) is 0 Å². The summed E-state index contributed by atoms with van der Waals surface area (Å²) in [6, 6.07) is 3.77. The maximum absolute atomic E-state index is 12.7. The quantitative estimate of drug-likeness (QED) is 0.770. The normalized spacial score (nSPS) is 20.0. The molecule has 0 bridgehead atoms. The Morgan fingerprint density at radius 1 is 1.41 bits per heavy atom. The Labute approximate surface area is 157 Å². The zero-order valence-electron chi connectivity index (χ0n) is 15.4. The van der Waals surface area contributed by atoms with Gasteiger partial charge in [-0.05, 0) is 24.5 Å². The van der Waals surface area contributed by atoms with E-state index in [9.17, 15) is 9.59 Å². The first kappa shape index (κ1) is 17.6. The number of carbonyl (C=O) groups excluding carboxylic acids is 2. The summed E-state index contributed by atoms with van der Waals surface area (Å²) < 4.78 is 5.31. The standard InChI is InChI=1S/C19H23N5O3/c1-23(12-16-21-18(27-22-16)14-5-2-6-14)19(26)15-8-17(25)24(11-15)10-13-4-3-7-20-9-13/h3-4,7,9,14-15H,2,5-6,8,10-12H2,1H3/t15-/m1/s1. The van der Waals surface area contributed by atoms with Gasteiger partial charge in [-0.25, -0.2) is 0 Å². The van der Waals surface area contributed by atoms with Crippen LogP contribution in [-0.2, 0) is 22.7 Å². The molecule has 0 spiro atoms. The molecule has 27 heavy (non-hydrogen) atoms. The molecule has 0 aromatic carbocycles. The summed E-state index contributed by atoms with van der Waals surface area (Å²) >= 11 is 0. The number of amides is 2. The first-order valence-electron chi connectivity index (χ1n) is 9.34. The summed E-state index contributed by atoms with van der Waals surface area (Å²) in [5.74, 6) is 1.17. The van der Waals surface area contributed by atoms with E-state index in [1.54, 1.807) is 29.2 Å². The fourth-order valence-electron chi connectivity index (χ4n) is 3.56. The zero-order valence-corrected chi connectivity index (χ0v) is 15.4. The zero-order chi connectivity index (χ0) is 18.8. The Balaban J connectivity index is 1.33. The van der Waals surface area contributed by atoms with Gasteiger partial charge < -0.3 is 14.3 Å². The number of pyridine rings is 1. The third-order valence-corrected chi connectivity index (χ3v) is 5.35. The molecule has 1 atom stereocenters. The Hall–Kier alpha value is -2.77. The number of aromatic nitrogens is 3. The van der Waals surface area contributed by atoms with Crippen LogP contribution in [0.1, 0.15) is 48.9 Å². The molecule has 2 aromatic heterocycles. The number of nitrogens with zero attached hydrogens (tertiary/aromatic N) is 5. The average molecular weight is 369 g/mol. The first-order valence-corrected chi connectivity index (χ1v) is 9.34. The second kappa shape index (κ2) is 7.46. The molecule has 0 N–H and O–H groups in total. The van der Waals surface area contributed by atoms with E-state index in [1.165, 1.54) is 6.42 Å². The molecule has 3 heterocycles. The van der Waals surface area contributed by atoms with E-state index in [0.29, 0.717) is 37.3 Å². The summed E-state index contributed by atoms with van der Waals surface area (Å²) in [7, 11) is 1.72. The van der Waals surface area contributed by atoms with Gasteiger partial charge in [0, 0.05) is 44.9 Å². The van der Waals surface area contributed by atoms with Crippen LogP contribution >= 0.6 is 0 Å². The lowest BCUT2D eigenvalue weighted by Gasteiger charge is -2.21. The Morgan fingerprint density at radius 3 is 2.96 bits per heavy atom. The number of rotatable bonds is 6. The molecule has 2 fully saturated rings. The van der Waals surface area contributed by atoms with E-state index in [4.69, 9.17) is 4.52 Å². The van der Waals surface area contributed by atoms with Crippen molar-refractivity contribution in [3.63, 3.8) is 0 Å². The Kier molecular flexibility index (Phi) is 4.87. The van der Waals surface area contributed by atoms with Gasteiger partial charge in [-0.15, -0.1) is 0 Å². The highest BCUT2D eigenvalue weighted by Crippen LogP contribution is 2.35. The molecule has 8 nitrogen and oxygen atoms in total. The molecule has 4 rings (SSSR count). The number of hydrogen-bond donors (Lipinski definition) is 0. The SMILES string of the molecule is CN(Cc1noc(C2CCC2)n1)C(=O)[C@@H]1CC(=O)N(Cc2cccnc2)C1. The van der Waals surface area contributed by atoms with Gasteiger partial charge in [-0.3, -0.25) is 14.6 Å². The van der Waals surface area contributed by atoms with Gasteiger partial charge in [-0.2, -0.15) is 4.98 Å². The van der Waals surface area contributed by atoms with Crippen molar-refractivity contribution in [2.75, 3.05) is 13.6 Å². The molecule has 1 saturated heterocycles. The predicted molar refractivity (Wildman–Crippen MR) is 95.1 cm³/mol. The lowest BCUT2D eigenvalue weighted by molar-refractivity contribution is -0.135. The van der Waals surface area contributed by atoms with Crippen molar-refractivity contribution in [3.05, 3.63) is 41.8 Å². The van der Waals surface area contributed by atoms with Crippen molar-refractivity contribution in [3.8, 4) is 0 Å². The second-order valence-electron chi connectivity index (χ2n) is 7.41. The van der Waals surface area contributed by atoms with Crippen LogP contribution in [0.5, 0.6) is 0 Å². The maximum atomic E-state index is 12.7. The van der Waals surface area contributed by atoms with Crippen LogP contribution in [0.2, 0.25) is 0 Å². The van der Waals surface area contributed by atoms with Crippen LogP contribution in [0.3, 0.4) is 0 Å². The highest BCUT2D eigenvalue weighted by molar-refractivity contribution is 5.89. The molecule has 2 aliphatic rings. The van der Waals surface area contributed by atoms with Crippen molar-refractivity contribution in [1.29, 1.82) is 0 Å². The highest BCUT2D eigenvalue weighted by atomic mass is 16.5. The van der Waals surface area contributed by atoms with Gasteiger partial charge in [0.2, 0.25) is 17.7 Å². The summed E-state index contributed by atoms with van der Waals surface area (Å²) in [6.07, 6.45) is 7.06. The van der Waals surface area contributed by atoms with Crippen LogP contribution < -0.4 is 0 Å². The van der Waals surface area contributed by atoms with Crippen LogP contribution in [-0.4, -0.2) is 50.3 Å². The molecule has 1 aliphatic heterocycles. The fraction of sp³-hybridized carbons (Fsp3) is 0.526. The van der Waals surface area contributed by atoms with Gasteiger partial charge in [0.05, 0.1) is 12.5 Å². The van der Waals surface area contributed by atoms with Gasteiger partial charge in [-0.1, -0.05) is 17.6 Å². The smallest absolute Gasteiger partial charge is 0.229 e. The molecule has 142 valence electrons. The van der Waals surface area contributed by atoms with Crippen LogP contribution in [0.4, 0.5) is 0 Å². The van der Waals surface area contributed by atoms with Gasteiger partial charge in [0.25, 0.3) is 0 Å². The minimum absolute atomic E-state index is 0.00238. The molecular weight excluding hydrogens is 346 g/mol. The highest BCUT2D eigenvalue weighted by Gasteiger charge is 2.36. The first-order chi connectivity index (χ1) is 13.1. The minimum Gasteiger partial charge on any atom is -0.339 e. The van der Waals surface area contributed by atoms with Crippen LogP contribution in [0.25, 0.3) is 0 Å². The van der Waals surface area contributed by atoms with E-state index < -0.39 is 0 Å². The third-order valence-electron chi connectivity index (χ3n) is 5.35. The summed E-state index contributed by atoms with van der Waals surface area (Å²) in [5.41, 5.74) is 0.961. The molecule has 0 unspecified atom stereocenters. The molecule has 1 saturated carbocycles. The van der Waals surface area contributed by atoms with Crippen molar-refractivity contribution in [1.82, 2.24) is 24.9 Å². The van der Waals surface area contributed by atoms with Crippen LogP contribution in [0, 0.1) is 5.92 Å². The molecular formula is C19H23N5O3. The summed E-state index contributed by atoms with van der Waals surface area (Å²) in [5, 5.41) is 3.99. The molecule has 8 heteroatoms. The monoisotopic (exact) mass is 369 g/mol. The van der Waals surface area contributed by atoms with Crippen molar-refractivity contribution in [2.45, 2.75) is 44.7 Å². The topological polar surface area (TPSA) is 92.4 Å². The van der Waals surface area contributed by atoms with Crippen molar-refractivity contribution < 1.29 is 14.1 Å². The average Bonchev–Trinajstić information content (AvgIpc) is 3.21. The molecule has 2 amide bonds. The molecule has 1 aliphatic carbocycles. The van der Waals surface area contributed by atoms with E-state index in [-0.39, 0.29) is 24.2 Å². The van der Waals surface area contributed by atoms with E-state index in [1.807, 2.05) is 12.1 Å². The predicted octanol–water partition coefficient (Wildman–Crippen LogP) is 1.74. The summed E-state index contributed by atoms with van der Waals surface area (Å²) in [6.45, 7) is 1.20. The van der Waals surface area contributed by atoms with E-state index >= 15 is 0 Å². The molecule has 2 aromatic rings. The number of likely N-dealkylation sites (tertiary alicyclic amines) is 1. The maximum Gasteiger partial charge on any atom is 0.229 e.